The first-order valence-corrected chi connectivity index (χ1v) is 10.4. The topological polar surface area (TPSA) is 18.5 Å². The molecule has 2 heteroatoms. The quantitative estimate of drug-likeness (QED) is 0.621. The number of methoxy groups -OCH3 is 1. The summed E-state index contributed by atoms with van der Waals surface area (Å²) in [6.45, 7) is 6.19. The van der Waals surface area contributed by atoms with Crippen LogP contribution in [0.1, 0.15) is 71.6 Å². The Morgan fingerprint density at radius 1 is 1.04 bits per heavy atom. The van der Waals surface area contributed by atoms with Gasteiger partial charge >= 0.3 is 0 Å². The van der Waals surface area contributed by atoms with Crippen LogP contribution in [0.15, 0.2) is 11.6 Å². The molecule has 1 spiro atoms. The number of fused-ring (bicyclic) bond motifs is 6. The molecule has 0 aromatic heterocycles. The van der Waals surface area contributed by atoms with Crippen LogP contribution in [-0.4, -0.2) is 25.4 Å². The normalized spacial score (nSPS) is 56.0. The molecule has 3 saturated carbocycles. The van der Waals surface area contributed by atoms with Crippen LogP contribution in [0.3, 0.4) is 0 Å². The predicted molar refractivity (Wildman–Crippen MR) is 95.8 cm³/mol. The lowest BCUT2D eigenvalue weighted by molar-refractivity contribution is -0.225. The Bertz CT molecular complexity index is 562. The van der Waals surface area contributed by atoms with Gasteiger partial charge in [0.25, 0.3) is 0 Å². The molecule has 5 rings (SSSR count). The van der Waals surface area contributed by atoms with Crippen molar-refractivity contribution in [3.8, 4) is 0 Å². The smallest absolute Gasteiger partial charge is 0.0760 e. The van der Waals surface area contributed by atoms with Crippen LogP contribution in [0.2, 0.25) is 0 Å². The Morgan fingerprint density at radius 2 is 1.83 bits per heavy atom. The molecule has 0 bridgehead atoms. The highest BCUT2D eigenvalue weighted by Crippen LogP contribution is 2.69. The number of ether oxygens (including phenoxy) is 2. The first kappa shape index (κ1) is 15.9. The zero-order valence-corrected chi connectivity index (χ0v) is 15.8. The van der Waals surface area contributed by atoms with Crippen molar-refractivity contribution in [1.29, 1.82) is 0 Å². The third kappa shape index (κ3) is 1.80. The molecule has 4 aliphatic carbocycles. The van der Waals surface area contributed by atoms with Gasteiger partial charge in [-0.2, -0.15) is 0 Å². The molecule has 0 amide bonds. The van der Waals surface area contributed by atoms with Crippen molar-refractivity contribution in [3.63, 3.8) is 0 Å². The minimum Gasteiger partial charge on any atom is -0.381 e. The van der Waals surface area contributed by atoms with Crippen LogP contribution in [0.25, 0.3) is 0 Å². The van der Waals surface area contributed by atoms with E-state index < -0.39 is 0 Å². The molecule has 1 saturated heterocycles. The lowest BCUT2D eigenvalue weighted by Gasteiger charge is -2.61. The van der Waals surface area contributed by atoms with Gasteiger partial charge in [-0.25, -0.2) is 0 Å². The highest BCUT2D eigenvalue weighted by atomic mass is 16.5. The summed E-state index contributed by atoms with van der Waals surface area (Å²) in [6, 6.07) is 0. The largest absolute Gasteiger partial charge is 0.381 e. The molecule has 7 atom stereocenters. The highest BCUT2D eigenvalue weighted by Gasteiger charge is 2.66. The maximum Gasteiger partial charge on any atom is 0.0760 e. The van der Waals surface area contributed by atoms with Gasteiger partial charge in [0.1, 0.15) is 0 Å². The maximum absolute atomic E-state index is 6.26. The molecule has 24 heavy (non-hydrogen) atoms. The van der Waals surface area contributed by atoms with Gasteiger partial charge in [0, 0.05) is 13.5 Å². The lowest BCUT2D eigenvalue weighted by atomic mass is 9.46. The fraction of sp³-hybridized carbons (Fsp3) is 0.909. The summed E-state index contributed by atoms with van der Waals surface area (Å²) in [7, 11) is 1.89. The zero-order chi connectivity index (χ0) is 16.6. The van der Waals surface area contributed by atoms with Crippen molar-refractivity contribution in [2.24, 2.45) is 28.6 Å². The molecule has 0 N–H and O–H groups in total. The van der Waals surface area contributed by atoms with E-state index in [-0.39, 0.29) is 5.60 Å². The molecule has 0 radical (unpaired) electrons. The number of allylic oxidation sites excluding steroid dienone is 1. The second kappa shape index (κ2) is 5.10. The van der Waals surface area contributed by atoms with Gasteiger partial charge in [-0.1, -0.05) is 25.5 Å². The molecule has 1 heterocycles. The van der Waals surface area contributed by atoms with Crippen LogP contribution in [0.4, 0.5) is 0 Å². The lowest BCUT2D eigenvalue weighted by Crippen LogP contribution is -2.59. The summed E-state index contributed by atoms with van der Waals surface area (Å²) < 4.78 is 12.0. The molecule has 134 valence electrons. The van der Waals surface area contributed by atoms with Gasteiger partial charge in [0.05, 0.1) is 18.3 Å². The molecule has 1 aliphatic heterocycles. The van der Waals surface area contributed by atoms with Crippen molar-refractivity contribution in [2.45, 2.75) is 83.3 Å². The van der Waals surface area contributed by atoms with Crippen molar-refractivity contribution < 1.29 is 9.47 Å². The minimum absolute atomic E-state index is 0.265. The van der Waals surface area contributed by atoms with Gasteiger partial charge in [-0.05, 0) is 80.0 Å². The first-order chi connectivity index (χ1) is 11.5. The third-order valence-electron chi connectivity index (χ3n) is 9.57. The summed E-state index contributed by atoms with van der Waals surface area (Å²) in [5.41, 5.74) is 2.91. The standard InChI is InChI=1S/C22H34O2/c1-20-9-6-16(23-3)14-15(20)4-5-17-18(20)7-10-21(2)19(17)8-11-22(21)12-13-24-22/h4,16-19H,5-14H2,1-3H3/t16?,17?,18?,19?,20-,21-,22+/m0/s1. The number of hydrogen-bond donors (Lipinski definition) is 0. The molecular weight excluding hydrogens is 296 g/mol. The third-order valence-corrected chi connectivity index (χ3v) is 9.57. The molecular formula is C22H34O2. The van der Waals surface area contributed by atoms with Crippen molar-refractivity contribution >= 4 is 0 Å². The second-order valence-corrected chi connectivity index (χ2v) is 9.95. The van der Waals surface area contributed by atoms with E-state index in [2.05, 4.69) is 19.9 Å². The van der Waals surface area contributed by atoms with Crippen LogP contribution in [0.5, 0.6) is 0 Å². The van der Waals surface area contributed by atoms with Crippen LogP contribution in [0, 0.1) is 28.6 Å². The second-order valence-electron chi connectivity index (χ2n) is 9.95. The molecule has 4 fully saturated rings. The van der Waals surface area contributed by atoms with Gasteiger partial charge in [0.15, 0.2) is 0 Å². The molecule has 0 aromatic rings. The summed E-state index contributed by atoms with van der Waals surface area (Å²) >= 11 is 0. The minimum atomic E-state index is 0.265. The predicted octanol–water partition coefficient (Wildman–Crippen LogP) is 5.12. The number of rotatable bonds is 1. The summed E-state index contributed by atoms with van der Waals surface area (Å²) in [6.07, 6.45) is 15.1. The fourth-order valence-corrected chi connectivity index (χ4v) is 7.92. The van der Waals surface area contributed by atoms with Crippen molar-refractivity contribution in [3.05, 3.63) is 11.6 Å². The van der Waals surface area contributed by atoms with Crippen molar-refractivity contribution in [2.75, 3.05) is 13.7 Å². The first-order valence-electron chi connectivity index (χ1n) is 10.4. The molecule has 5 aliphatic rings. The van der Waals surface area contributed by atoms with Gasteiger partial charge in [-0.15, -0.1) is 0 Å². The van der Waals surface area contributed by atoms with Crippen LogP contribution in [-0.2, 0) is 9.47 Å². The molecule has 0 aromatic carbocycles. The van der Waals surface area contributed by atoms with E-state index in [0.717, 1.165) is 24.4 Å². The Morgan fingerprint density at radius 3 is 2.54 bits per heavy atom. The van der Waals surface area contributed by atoms with E-state index in [4.69, 9.17) is 9.47 Å². The van der Waals surface area contributed by atoms with E-state index in [9.17, 15) is 0 Å². The Labute approximate surface area is 147 Å². The van der Waals surface area contributed by atoms with Gasteiger partial charge in [-0.3, -0.25) is 0 Å². The average molecular weight is 331 g/mol. The Kier molecular flexibility index (Phi) is 3.37. The van der Waals surface area contributed by atoms with E-state index in [1.165, 1.54) is 57.8 Å². The zero-order valence-electron chi connectivity index (χ0n) is 15.8. The SMILES string of the molecule is COC1CC[C@@]2(C)C(=CCC3C2CC[C@@]2(C)C3CC[C@@]23CCO3)C1. The molecule has 2 nitrogen and oxygen atoms in total. The van der Waals surface area contributed by atoms with E-state index >= 15 is 0 Å². The van der Waals surface area contributed by atoms with E-state index in [1.54, 1.807) is 5.57 Å². The summed E-state index contributed by atoms with van der Waals surface area (Å²) in [5, 5.41) is 0. The monoisotopic (exact) mass is 330 g/mol. The highest BCUT2D eigenvalue weighted by molar-refractivity contribution is 5.26. The maximum atomic E-state index is 6.26. The number of hydrogen-bond acceptors (Lipinski definition) is 2. The summed E-state index contributed by atoms with van der Waals surface area (Å²) in [5.74, 6) is 2.70. The summed E-state index contributed by atoms with van der Waals surface area (Å²) in [4.78, 5) is 0. The van der Waals surface area contributed by atoms with E-state index in [1.807, 2.05) is 7.11 Å². The molecule has 4 unspecified atom stereocenters. The van der Waals surface area contributed by atoms with Crippen LogP contribution < -0.4 is 0 Å². The van der Waals surface area contributed by atoms with Gasteiger partial charge < -0.3 is 9.47 Å². The Balaban J connectivity index is 1.46. The van der Waals surface area contributed by atoms with Gasteiger partial charge in [0.2, 0.25) is 0 Å². The Hall–Kier alpha value is -0.340. The van der Waals surface area contributed by atoms with E-state index in [0.29, 0.717) is 16.9 Å². The van der Waals surface area contributed by atoms with Crippen LogP contribution >= 0.6 is 0 Å². The average Bonchev–Trinajstić information content (AvgIpc) is 2.87. The van der Waals surface area contributed by atoms with Crippen molar-refractivity contribution in [1.82, 2.24) is 0 Å². The fourth-order valence-electron chi connectivity index (χ4n) is 7.92.